The SMILES string of the molecule is Cc1ncc(S(=O)(=O)NC2CCC(=O)CC2)s1. The molecular formula is C10H14N2O3S2. The van der Waals surface area contributed by atoms with Crippen LogP contribution in [-0.2, 0) is 14.8 Å². The number of aromatic nitrogens is 1. The summed E-state index contributed by atoms with van der Waals surface area (Å²) in [6, 6.07) is -0.125. The highest BCUT2D eigenvalue weighted by Gasteiger charge is 2.25. The lowest BCUT2D eigenvalue weighted by Crippen LogP contribution is -2.37. The average Bonchev–Trinajstić information content (AvgIpc) is 2.69. The number of nitrogens with one attached hydrogen (secondary N) is 1. The van der Waals surface area contributed by atoms with E-state index in [0.717, 1.165) is 16.3 Å². The van der Waals surface area contributed by atoms with E-state index in [2.05, 4.69) is 9.71 Å². The number of rotatable bonds is 3. The van der Waals surface area contributed by atoms with Crippen LogP contribution in [0.1, 0.15) is 30.7 Å². The molecule has 2 rings (SSSR count). The van der Waals surface area contributed by atoms with E-state index >= 15 is 0 Å². The number of thiazole rings is 1. The Kier molecular flexibility index (Phi) is 3.60. The molecule has 0 unspecified atom stereocenters. The number of hydrogen-bond acceptors (Lipinski definition) is 5. The van der Waals surface area contributed by atoms with E-state index in [1.54, 1.807) is 6.92 Å². The molecule has 1 aromatic rings. The van der Waals surface area contributed by atoms with Crippen LogP contribution >= 0.6 is 11.3 Å². The van der Waals surface area contributed by atoms with E-state index in [4.69, 9.17) is 0 Å². The van der Waals surface area contributed by atoms with E-state index in [-0.39, 0.29) is 16.0 Å². The summed E-state index contributed by atoms with van der Waals surface area (Å²) >= 11 is 1.16. The monoisotopic (exact) mass is 274 g/mol. The van der Waals surface area contributed by atoms with Crippen LogP contribution in [0.4, 0.5) is 0 Å². The normalized spacial score (nSPS) is 18.5. The van der Waals surface area contributed by atoms with Crippen LogP contribution in [-0.4, -0.2) is 25.2 Å². The zero-order valence-corrected chi connectivity index (χ0v) is 11.1. The minimum atomic E-state index is -3.46. The Balaban J connectivity index is 2.05. The van der Waals surface area contributed by atoms with Crippen molar-refractivity contribution in [2.75, 3.05) is 0 Å². The lowest BCUT2D eigenvalue weighted by atomic mass is 9.95. The molecular weight excluding hydrogens is 260 g/mol. The minimum absolute atomic E-state index is 0.125. The summed E-state index contributed by atoms with van der Waals surface area (Å²) in [6.07, 6.45) is 3.49. The first-order chi connectivity index (χ1) is 7.97. The molecule has 0 spiro atoms. The molecule has 1 saturated carbocycles. The molecule has 0 saturated heterocycles. The molecule has 17 heavy (non-hydrogen) atoms. The highest BCUT2D eigenvalue weighted by atomic mass is 32.2. The van der Waals surface area contributed by atoms with Gasteiger partial charge in [-0.05, 0) is 19.8 Å². The molecule has 1 aromatic heterocycles. The molecule has 1 N–H and O–H groups in total. The minimum Gasteiger partial charge on any atom is -0.300 e. The fraction of sp³-hybridized carbons (Fsp3) is 0.600. The number of aryl methyl sites for hydroxylation is 1. The van der Waals surface area contributed by atoms with Gasteiger partial charge in [0, 0.05) is 18.9 Å². The topological polar surface area (TPSA) is 76.1 Å². The average molecular weight is 274 g/mol. The van der Waals surface area contributed by atoms with Crippen LogP contribution in [0.3, 0.4) is 0 Å². The Morgan fingerprint density at radius 2 is 2.06 bits per heavy atom. The number of nitrogens with zero attached hydrogens (tertiary/aromatic N) is 1. The Morgan fingerprint density at radius 3 is 2.59 bits per heavy atom. The molecule has 1 heterocycles. The summed E-state index contributed by atoms with van der Waals surface area (Å²) in [5.74, 6) is 0.217. The standard InChI is InChI=1S/C10H14N2O3S2/c1-7-11-6-10(16-7)17(14,15)12-8-2-4-9(13)5-3-8/h6,8,12H,2-5H2,1H3. The number of Topliss-reactive ketones (excluding diaryl/α,β-unsaturated/α-hetero) is 1. The van der Waals surface area contributed by atoms with Crippen molar-refractivity contribution in [2.45, 2.75) is 42.9 Å². The molecule has 0 aromatic carbocycles. The Hall–Kier alpha value is -0.790. The van der Waals surface area contributed by atoms with E-state index in [1.807, 2.05) is 0 Å². The number of hydrogen-bond donors (Lipinski definition) is 1. The third-order valence-electron chi connectivity index (χ3n) is 2.73. The maximum atomic E-state index is 12.0. The molecule has 0 bridgehead atoms. The zero-order valence-electron chi connectivity index (χ0n) is 9.47. The summed E-state index contributed by atoms with van der Waals surface area (Å²) in [7, 11) is -3.46. The molecule has 1 aliphatic carbocycles. The molecule has 0 aliphatic heterocycles. The second-order valence-corrected chi connectivity index (χ2v) is 7.31. The van der Waals surface area contributed by atoms with Crippen molar-refractivity contribution < 1.29 is 13.2 Å². The number of ketones is 1. The highest BCUT2D eigenvalue weighted by Crippen LogP contribution is 2.21. The van der Waals surface area contributed by atoms with E-state index < -0.39 is 10.0 Å². The Morgan fingerprint density at radius 1 is 1.41 bits per heavy atom. The van der Waals surface area contributed by atoms with Gasteiger partial charge in [-0.3, -0.25) is 4.79 Å². The predicted octanol–water partition coefficient (Wildman–Crippen LogP) is 1.24. The first-order valence-corrected chi connectivity index (χ1v) is 7.74. The van der Waals surface area contributed by atoms with Gasteiger partial charge in [-0.2, -0.15) is 0 Å². The molecule has 1 aliphatic rings. The van der Waals surface area contributed by atoms with Crippen LogP contribution in [0.25, 0.3) is 0 Å². The van der Waals surface area contributed by atoms with Crippen LogP contribution in [0.15, 0.2) is 10.4 Å². The maximum absolute atomic E-state index is 12.0. The molecule has 0 radical (unpaired) electrons. The van der Waals surface area contributed by atoms with Gasteiger partial charge in [0.25, 0.3) is 10.0 Å². The van der Waals surface area contributed by atoms with Crippen molar-refractivity contribution in [3.8, 4) is 0 Å². The smallest absolute Gasteiger partial charge is 0.251 e. The predicted molar refractivity (Wildman–Crippen MR) is 64.4 cm³/mol. The van der Waals surface area contributed by atoms with Crippen LogP contribution < -0.4 is 4.72 Å². The number of carbonyl (C=O) groups excluding carboxylic acids is 1. The van der Waals surface area contributed by atoms with Gasteiger partial charge in [-0.15, -0.1) is 11.3 Å². The van der Waals surface area contributed by atoms with E-state index in [0.29, 0.717) is 25.7 Å². The van der Waals surface area contributed by atoms with E-state index in [1.165, 1.54) is 6.20 Å². The van der Waals surface area contributed by atoms with Crippen molar-refractivity contribution in [1.82, 2.24) is 9.71 Å². The molecule has 94 valence electrons. The summed E-state index contributed by atoms with van der Waals surface area (Å²) in [5, 5.41) is 0.726. The largest absolute Gasteiger partial charge is 0.300 e. The second-order valence-electron chi connectivity index (χ2n) is 4.13. The summed E-state index contributed by atoms with van der Waals surface area (Å²) in [5.41, 5.74) is 0. The summed E-state index contributed by atoms with van der Waals surface area (Å²) in [6.45, 7) is 1.77. The first kappa shape index (κ1) is 12.7. The third kappa shape index (κ3) is 3.11. The van der Waals surface area contributed by atoms with Crippen molar-refractivity contribution in [1.29, 1.82) is 0 Å². The van der Waals surface area contributed by atoms with Crippen molar-refractivity contribution in [2.24, 2.45) is 0 Å². The lowest BCUT2D eigenvalue weighted by Gasteiger charge is -2.21. The van der Waals surface area contributed by atoms with Crippen LogP contribution in [0.5, 0.6) is 0 Å². The van der Waals surface area contributed by atoms with Gasteiger partial charge in [-0.1, -0.05) is 0 Å². The van der Waals surface area contributed by atoms with Crippen molar-refractivity contribution in [3.05, 3.63) is 11.2 Å². The highest BCUT2D eigenvalue weighted by molar-refractivity contribution is 7.91. The van der Waals surface area contributed by atoms with E-state index in [9.17, 15) is 13.2 Å². The van der Waals surface area contributed by atoms with Crippen molar-refractivity contribution in [3.63, 3.8) is 0 Å². The Bertz CT molecular complexity index is 511. The van der Waals surface area contributed by atoms with Crippen molar-refractivity contribution >= 4 is 27.1 Å². The maximum Gasteiger partial charge on any atom is 0.251 e. The third-order valence-corrected chi connectivity index (χ3v) is 5.62. The first-order valence-electron chi connectivity index (χ1n) is 5.44. The summed E-state index contributed by atoms with van der Waals surface area (Å²) in [4.78, 5) is 15.0. The molecule has 0 atom stereocenters. The zero-order chi connectivity index (χ0) is 12.5. The fourth-order valence-electron chi connectivity index (χ4n) is 1.80. The number of sulfonamides is 1. The number of carbonyl (C=O) groups is 1. The quantitative estimate of drug-likeness (QED) is 0.899. The van der Waals surface area contributed by atoms with Gasteiger partial charge in [-0.25, -0.2) is 18.1 Å². The molecule has 1 fully saturated rings. The van der Waals surface area contributed by atoms with Gasteiger partial charge >= 0.3 is 0 Å². The van der Waals surface area contributed by atoms with Gasteiger partial charge in [0.15, 0.2) is 4.21 Å². The Labute approximate surface area is 104 Å². The summed E-state index contributed by atoms with van der Waals surface area (Å²) < 4.78 is 26.8. The fourth-order valence-corrected chi connectivity index (χ4v) is 4.23. The molecule has 7 heteroatoms. The van der Waals surface area contributed by atoms with Gasteiger partial charge in [0.05, 0.1) is 11.2 Å². The van der Waals surface area contributed by atoms with Gasteiger partial charge < -0.3 is 0 Å². The van der Waals surface area contributed by atoms with Crippen LogP contribution in [0.2, 0.25) is 0 Å². The lowest BCUT2D eigenvalue weighted by molar-refractivity contribution is -0.120. The second kappa shape index (κ2) is 4.83. The van der Waals surface area contributed by atoms with Gasteiger partial charge in [0.2, 0.25) is 0 Å². The molecule has 5 nitrogen and oxygen atoms in total. The molecule has 0 amide bonds. The van der Waals surface area contributed by atoms with Crippen LogP contribution in [0, 0.1) is 6.92 Å². The van der Waals surface area contributed by atoms with Gasteiger partial charge in [0.1, 0.15) is 5.78 Å².